The average molecular weight is 402 g/mol. The van der Waals surface area contributed by atoms with Crippen LogP contribution in [-0.4, -0.2) is 42.4 Å². The van der Waals surface area contributed by atoms with Gasteiger partial charge in [-0.1, -0.05) is 13.8 Å². The molecular formula is C20H27FN6O2. The third-order valence-corrected chi connectivity index (χ3v) is 4.80. The summed E-state index contributed by atoms with van der Waals surface area (Å²) in [6, 6.07) is 4.05. The zero-order valence-electron chi connectivity index (χ0n) is 16.9. The Kier molecular flexibility index (Phi) is 6.48. The predicted molar refractivity (Wildman–Crippen MR) is 111 cm³/mol. The van der Waals surface area contributed by atoms with Crippen molar-refractivity contribution < 1.29 is 14.6 Å². The molecule has 1 atom stereocenters. The predicted octanol–water partition coefficient (Wildman–Crippen LogP) is 3.44. The Morgan fingerprint density at radius 3 is 2.62 bits per heavy atom. The van der Waals surface area contributed by atoms with Crippen molar-refractivity contribution in [3.05, 3.63) is 35.9 Å². The van der Waals surface area contributed by atoms with E-state index in [4.69, 9.17) is 0 Å². The highest BCUT2D eigenvalue weighted by Crippen LogP contribution is 2.27. The molecule has 0 aliphatic rings. The number of aromatic nitrogens is 4. The Morgan fingerprint density at radius 2 is 1.93 bits per heavy atom. The van der Waals surface area contributed by atoms with Gasteiger partial charge in [-0.3, -0.25) is 0 Å². The zero-order chi connectivity index (χ0) is 21.0. The minimum Gasteiger partial charge on any atom is -0.508 e. The lowest BCUT2D eigenvalue weighted by atomic mass is 10.2. The van der Waals surface area contributed by atoms with E-state index in [1.807, 2.05) is 4.57 Å². The van der Waals surface area contributed by atoms with Crippen LogP contribution in [0.3, 0.4) is 0 Å². The van der Waals surface area contributed by atoms with E-state index in [1.54, 1.807) is 13.3 Å². The quantitative estimate of drug-likeness (QED) is 0.434. The first-order chi connectivity index (χ1) is 13.9. The Balaban J connectivity index is 1.98. The maximum absolute atomic E-state index is 13.5. The number of nitrogens with zero attached hydrogens (tertiary/aromatic N) is 4. The molecule has 0 saturated heterocycles. The van der Waals surface area contributed by atoms with E-state index in [0.717, 1.165) is 12.8 Å². The molecule has 1 aromatic carbocycles. The van der Waals surface area contributed by atoms with Crippen LogP contribution < -0.4 is 10.6 Å². The van der Waals surface area contributed by atoms with E-state index in [-0.39, 0.29) is 18.3 Å². The molecule has 0 spiro atoms. The molecule has 29 heavy (non-hydrogen) atoms. The smallest absolute Gasteiger partial charge is 0.226 e. The van der Waals surface area contributed by atoms with E-state index in [1.165, 1.54) is 18.2 Å². The van der Waals surface area contributed by atoms with Crippen LogP contribution in [0.15, 0.2) is 24.5 Å². The number of benzene rings is 1. The lowest BCUT2D eigenvalue weighted by molar-refractivity contribution is 0.208. The fourth-order valence-electron chi connectivity index (χ4n) is 3.18. The molecule has 0 amide bonds. The van der Waals surface area contributed by atoms with E-state index >= 15 is 0 Å². The zero-order valence-corrected chi connectivity index (χ0v) is 16.9. The van der Waals surface area contributed by atoms with E-state index in [2.05, 4.69) is 39.4 Å². The van der Waals surface area contributed by atoms with Gasteiger partial charge >= 0.3 is 0 Å². The Hall–Kier alpha value is -2.94. The molecule has 156 valence electrons. The number of halogens is 1. The standard InChI is InChI=1S/C20H27FN6O2/c1-4-15(5-2)27-11-24-17-18(22-10-13-8-14(21)6-7-16(13)29)25-20(26-19(17)27)23-9-12(3)28/h6-8,11-12,15,28-29H,4-5,9-10H2,1-3H3,(H2,22,23,25,26). The summed E-state index contributed by atoms with van der Waals surface area (Å²) in [5, 5.41) is 25.7. The number of aromatic hydroxyl groups is 1. The molecule has 0 aliphatic heterocycles. The summed E-state index contributed by atoms with van der Waals surface area (Å²) in [5.74, 6) is 0.400. The first kappa shape index (κ1) is 20.8. The van der Waals surface area contributed by atoms with Gasteiger partial charge in [0.2, 0.25) is 5.95 Å². The van der Waals surface area contributed by atoms with Crippen molar-refractivity contribution in [1.82, 2.24) is 19.5 Å². The van der Waals surface area contributed by atoms with Crippen LogP contribution in [0.1, 0.15) is 45.2 Å². The van der Waals surface area contributed by atoms with Gasteiger partial charge in [0.15, 0.2) is 17.0 Å². The van der Waals surface area contributed by atoms with Crippen molar-refractivity contribution in [2.24, 2.45) is 0 Å². The number of nitrogens with one attached hydrogen (secondary N) is 2. The van der Waals surface area contributed by atoms with Crippen LogP contribution >= 0.6 is 0 Å². The molecule has 0 aliphatic carbocycles. The van der Waals surface area contributed by atoms with Gasteiger partial charge in [0.1, 0.15) is 11.6 Å². The number of phenolic OH excluding ortho intramolecular Hbond substituents is 1. The number of anilines is 2. The third-order valence-electron chi connectivity index (χ3n) is 4.80. The average Bonchev–Trinajstić information content (AvgIpc) is 3.12. The number of rotatable bonds is 9. The number of imidazole rings is 1. The van der Waals surface area contributed by atoms with Gasteiger partial charge in [0.05, 0.1) is 12.4 Å². The summed E-state index contributed by atoms with van der Waals surface area (Å²) in [7, 11) is 0. The maximum atomic E-state index is 13.5. The molecule has 1 unspecified atom stereocenters. The highest BCUT2D eigenvalue weighted by molar-refractivity contribution is 5.84. The maximum Gasteiger partial charge on any atom is 0.226 e. The Morgan fingerprint density at radius 1 is 1.17 bits per heavy atom. The SMILES string of the molecule is CCC(CC)n1cnc2c(NCc3cc(F)ccc3O)nc(NCC(C)O)nc21. The van der Waals surface area contributed by atoms with Crippen molar-refractivity contribution in [1.29, 1.82) is 0 Å². The highest BCUT2D eigenvalue weighted by atomic mass is 19.1. The molecule has 2 aromatic heterocycles. The van der Waals surface area contributed by atoms with Gasteiger partial charge < -0.3 is 25.4 Å². The number of fused-ring (bicyclic) bond motifs is 1. The molecular weight excluding hydrogens is 375 g/mol. The van der Waals surface area contributed by atoms with Crippen LogP contribution in [0.4, 0.5) is 16.2 Å². The molecule has 8 nitrogen and oxygen atoms in total. The van der Waals surface area contributed by atoms with Gasteiger partial charge in [-0.15, -0.1) is 0 Å². The second-order valence-electron chi connectivity index (χ2n) is 7.05. The third kappa shape index (κ3) is 4.73. The number of hydrogen-bond acceptors (Lipinski definition) is 7. The minimum absolute atomic E-state index is 0.000729. The van der Waals surface area contributed by atoms with Gasteiger partial charge in [-0.05, 0) is 38.0 Å². The topological polar surface area (TPSA) is 108 Å². The van der Waals surface area contributed by atoms with Crippen molar-refractivity contribution in [3.63, 3.8) is 0 Å². The molecule has 0 radical (unpaired) electrons. The van der Waals surface area contributed by atoms with Gasteiger partial charge in [-0.2, -0.15) is 9.97 Å². The summed E-state index contributed by atoms with van der Waals surface area (Å²) in [5.41, 5.74) is 1.68. The summed E-state index contributed by atoms with van der Waals surface area (Å²) < 4.78 is 15.5. The van der Waals surface area contributed by atoms with Gasteiger partial charge in [-0.25, -0.2) is 9.37 Å². The minimum atomic E-state index is -0.557. The van der Waals surface area contributed by atoms with Gasteiger partial charge in [0.25, 0.3) is 0 Å². The van der Waals surface area contributed by atoms with Crippen molar-refractivity contribution >= 4 is 22.9 Å². The molecule has 3 aromatic rings. The number of phenols is 1. The van der Waals surface area contributed by atoms with E-state index in [0.29, 0.717) is 35.0 Å². The summed E-state index contributed by atoms with van der Waals surface area (Å²) in [6.45, 7) is 6.36. The molecule has 4 N–H and O–H groups in total. The summed E-state index contributed by atoms with van der Waals surface area (Å²) >= 11 is 0. The summed E-state index contributed by atoms with van der Waals surface area (Å²) in [6.07, 6.45) is 3.06. The molecule has 0 saturated carbocycles. The molecule has 2 heterocycles. The Bertz CT molecular complexity index is 971. The monoisotopic (exact) mass is 402 g/mol. The van der Waals surface area contributed by atoms with E-state index < -0.39 is 11.9 Å². The second-order valence-corrected chi connectivity index (χ2v) is 7.05. The van der Waals surface area contributed by atoms with Crippen LogP contribution in [0.2, 0.25) is 0 Å². The van der Waals surface area contributed by atoms with Crippen LogP contribution in [-0.2, 0) is 6.54 Å². The fourth-order valence-corrected chi connectivity index (χ4v) is 3.18. The second kappa shape index (κ2) is 9.04. The lowest BCUT2D eigenvalue weighted by Crippen LogP contribution is -2.18. The normalized spacial score (nSPS) is 12.5. The number of aliphatic hydroxyl groups is 1. The van der Waals surface area contributed by atoms with Gasteiger partial charge in [0, 0.05) is 24.7 Å². The number of aliphatic hydroxyl groups excluding tert-OH is 1. The van der Waals surface area contributed by atoms with Crippen LogP contribution in [0.25, 0.3) is 11.2 Å². The Labute approximate surface area is 168 Å². The fraction of sp³-hybridized carbons (Fsp3) is 0.450. The van der Waals surface area contributed by atoms with Crippen molar-refractivity contribution in [3.8, 4) is 5.75 Å². The molecule has 0 bridgehead atoms. The highest BCUT2D eigenvalue weighted by Gasteiger charge is 2.17. The van der Waals surface area contributed by atoms with E-state index in [9.17, 15) is 14.6 Å². The first-order valence-corrected chi connectivity index (χ1v) is 9.80. The lowest BCUT2D eigenvalue weighted by Gasteiger charge is -2.16. The van der Waals surface area contributed by atoms with Crippen LogP contribution in [0, 0.1) is 5.82 Å². The largest absolute Gasteiger partial charge is 0.508 e. The first-order valence-electron chi connectivity index (χ1n) is 9.80. The van der Waals surface area contributed by atoms with Crippen molar-refractivity contribution in [2.75, 3.05) is 17.2 Å². The summed E-state index contributed by atoms with van der Waals surface area (Å²) in [4.78, 5) is 13.5. The molecule has 3 rings (SSSR count). The van der Waals surface area contributed by atoms with Crippen molar-refractivity contribution in [2.45, 2.75) is 52.3 Å². The van der Waals surface area contributed by atoms with Crippen LogP contribution in [0.5, 0.6) is 5.75 Å². The molecule has 0 fully saturated rings. The number of hydrogen-bond donors (Lipinski definition) is 4. The molecule has 9 heteroatoms.